The number of hydrazone groups is 1. The third-order valence-electron chi connectivity index (χ3n) is 3.94. The summed E-state index contributed by atoms with van der Waals surface area (Å²) < 4.78 is 0. The van der Waals surface area contributed by atoms with Crippen molar-refractivity contribution in [2.45, 2.75) is 25.7 Å². The second kappa shape index (κ2) is 4.44. The highest BCUT2D eigenvalue weighted by atomic mass is 16.3. The van der Waals surface area contributed by atoms with Crippen LogP contribution in [0.5, 0.6) is 5.75 Å². The van der Waals surface area contributed by atoms with E-state index in [1.54, 1.807) is 12.1 Å². The van der Waals surface area contributed by atoms with Crippen LogP contribution in [0.2, 0.25) is 0 Å². The van der Waals surface area contributed by atoms with Gasteiger partial charge in [0.25, 0.3) is 5.91 Å². The summed E-state index contributed by atoms with van der Waals surface area (Å²) in [6.45, 7) is 0. The zero-order valence-electron chi connectivity index (χ0n) is 10.1. The molecule has 2 aliphatic carbocycles. The van der Waals surface area contributed by atoms with Crippen molar-refractivity contribution in [1.29, 1.82) is 0 Å². The predicted octanol–water partition coefficient (Wildman–Crippen LogP) is 2.30. The predicted molar refractivity (Wildman–Crippen MR) is 68.5 cm³/mol. The molecule has 0 aromatic heterocycles. The van der Waals surface area contributed by atoms with Crippen LogP contribution >= 0.6 is 0 Å². The molecular weight excluding hydrogens is 228 g/mol. The standard InChI is InChI=1S/C14H16N2O2/c17-12-5-3-10(4-6-12)14(18)16-15-13-8-9-1-2-11(13)7-9/h3-6,9,11,17H,1-2,7-8H2,(H,16,18)/b15-13-/t9-,11+/m0/s1. The van der Waals surface area contributed by atoms with E-state index in [0.717, 1.165) is 18.1 Å². The summed E-state index contributed by atoms with van der Waals surface area (Å²) in [4.78, 5) is 11.8. The van der Waals surface area contributed by atoms with Gasteiger partial charge in [-0.3, -0.25) is 4.79 Å². The quantitative estimate of drug-likeness (QED) is 0.784. The second-order valence-electron chi connectivity index (χ2n) is 5.17. The molecule has 4 heteroatoms. The minimum Gasteiger partial charge on any atom is -0.508 e. The fraction of sp³-hybridized carbons (Fsp3) is 0.429. The first-order chi connectivity index (χ1) is 8.72. The summed E-state index contributed by atoms with van der Waals surface area (Å²) >= 11 is 0. The Labute approximate surface area is 106 Å². The van der Waals surface area contributed by atoms with E-state index in [4.69, 9.17) is 5.11 Å². The maximum atomic E-state index is 11.8. The second-order valence-corrected chi connectivity index (χ2v) is 5.17. The molecule has 1 aromatic rings. The summed E-state index contributed by atoms with van der Waals surface area (Å²) in [5.74, 6) is 1.32. The molecule has 4 nitrogen and oxygen atoms in total. The number of nitrogens with zero attached hydrogens (tertiary/aromatic N) is 1. The first kappa shape index (κ1) is 11.3. The summed E-state index contributed by atoms with van der Waals surface area (Å²) in [6, 6.07) is 6.18. The normalized spacial score (nSPS) is 27.7. The van der Waals surface area contributed by atoms with Crippen molar-refractivity contribution in [3.8, 4) is 5.75 Å². The average molecular weight is 244 g/mol. The SMILES string of the molecule is O=C(N/N=C1/C[C@H]2CC[C@@H]1C2)c1ccc(O)cc1. The Morgan fingerprint density at radius 3 is 2.67 bits per heavy atom. The molecule has 2 atom stereocenters. The number of amides is 1. The molecule has 2 bridgehead atoms. The van der Waals surface area contributed by atoms with Crippen LogP contribution in [0.15, 0.2) is 29.4 Å². The topological polar surface area (TPSA) is 61.7 Å². The number of carbonyl (C=O) groups is 1. The molecule has 0 spiro atoms. The lowest BCUT2D eigenvalue weighted by Gasteiger charge is -2.11. The van der Waals surface area contributed by atoms with Crippen LogP contribution < -0.4 is 5.43 Å². The molecule has 0 radical (unpaired) electrons. The molecule has 3 rings (SSSR count). The summed E-state index contributed by atoms with van der Waals surface area (Å²) in [6.07, 6.45) is 4.82. The third-order valence-corrected chi connectivity index (χ3v) is 3.94. The van der Waals surface area contributed by atoms with Gasteiger partial charge >= 0.3 is 0 Å². The lowest BCUT2D eigenvalue weighted by molar-refractivity contribution is 0.0954. The number of hydrogen-bond donors (Lipinski definition) is 2. The van der Waals surface area contributed by atoms with Gasteiger partial charge in [-0.05, 0) is 61.8 Å². The van der Waals surface area contributed by atoms with Gasteiger partial charge in [0.05, 0.1) is 0 Å². The van der Waals surface area contributed by atoms with Crippen molar-refractivity contribution in [3.05, 3.63) is 29.8 Å². The molecule has 18 heavy (non-hydrogen) atoms. The number of rotatable bonds is 2. The molecule has 94 valence electrons. The Morgan fingerprint density at radius 2 is 2.06 bits per heavy atom. The molecule has 1 amide bonds. The number of fused-ring (bicyclic) bond motifs is 2. The van der Waals surface area contributed by atoms with Gasteiger partial charge in [-0.25, -0.2) is 5.43 Å². The zero-order valence-corrected chi connectivity index (χ0v) is 10.1. The largest absolute Gasteiger partial charge is 0.508 e. The van der Waals surface area contributed by atoms with Crippen molar-refractivity contribution in [2.24, 2.45) is 16.9 Å². The van der Waals surface area contributed by atoms with E-state index in [1.165, 1.54) is 31.4 Å². The number of hydrogen-bond acceptors (Lipinski definition) is 3. The maximum absolute atomic E-state index is 11.8. The molecule has 0 heterocycles. The molecule has 0 aliphatic heterocycles. The lowest BCUT2D eigenvalue weighted by atomic mass is 9.99. The van der Waals surface area contributed by atoms with Crippen molar-refractivity contribution < 1.29 is 9.90 Å². The fourth-order valence-corrected chi connectivity index (χ4v) is 2.96. The first-order valence-electron chi connectivity index (χ1n) is 6.38. The third kappa shape index (κ3) is 2.10. The van der Waals surface area contributed by atoms with E-state index >= 15 is 0 Å². The number of carbonyl (C=O) groups excluding carboxylic acids is 1. The highest BCUT2D eigenvalue weighted by Crippen LogP contribution is 2.42. The molecule has 0 saturated heterocycles. The van der Waals surface area contributed by atoms with Gasteiger partial charge in [0.15, 0.2) is 0 Å². The van der Waals surface area contributed by atoms with Crippen LogP contribution in [0, 0.1) is 11.8 Å². The highest BCUT2D eigenvalue weighted by molar-refractivity contribution is 5.96. The Hall–Kier alpha value is -1.84. The Morgan fingerprint density at radius 1 is 1.28 bits per heavy atom. The molecule has 0 unspecified atom stereocenters. The summed E-state index contributed by atoms with van der Waals surface area (Å²) in [7, 11) is 0. The minimum atomic E-state index is -0.217. The highest BCUT2D eigenvalue weighted by Gasteiger charge is 2.36. The van der Waals surface area contributed by atoms with Gasteiger partial charge in [-0.2, -0.15) is 5.10 Å². The van der Waals surface area contributed by atoms with Gasteiger partial charge < -0.3 is 5.11 Å². The van der Waals surface area contributed by atoms with Gasteiger partial charge in [0.2, 0.25) is 0 Å². The molecule has 2 saturated carbocycles. The van der Waals surface area contributed by atoms with Crippen molar-refractivity contribution in [1.82, 2.24) is 5.43 Å². The van der Waals surface area contributed by atoms with Crippen LogP contribution in [-0.2, 0) is 0 Å². The average Bonchev–Trinajstić information content (AvgIpc) is 2.99. The van der Waals surface area contributed by atoms with Crippen molar-refractivity contribution >= 4 is 11.6 Å². The van der Waals surface area contributed by atoms with E-state index in [-0.39, 0.29) is 11.7 Å². The van der Waals surface area contributed by atoms with Crippen LogP contribution in [0.4, 0.5) is 0 Å². The van der Waals surface area contributed by atoms with E-state index in [2.05, 4.69) is 10.5 Å². The Kier molecular flexibility index (Phi) is 2.78. The van der Waals surface area contributed by atoms with E-state index in [1.807, 2.05) is 0 Å². The Balaban J connectivity index is 1.65. The van der Waals surface area contributed by atoms with Crippen LogP contribution in [0.3, 0.4) is 0 Å². The maximum Gasteiger partial charge on any atom is 0.271 e. The number of phenols is 1. The van der Waals surface area contributed by atoms with Gasteiger partial charge in [0.1, 0.15) is 5.75 Å². The number of aromatic hydroxyl groups is 1. The van der Waals surface area contributed by atoms with E-state index < -0.39 is 0 Å². The lowest BCUT2D eigenvalue weighted by Crippen LogP contribution is -2.21. The number of nitrogens with one attached hydrogen (secondary N) is 1. The number of benzene rings is 1. The van der Waals surface area contributed by atoms with Gasteiger partial charge in [0, 0.05) is 11.3 Å². The molecule has 2 fully saturated rings. The zero-order chi connectivity index (χ0) is 12.5. The van der Waals surface area contributed by atoms with Crippen LogP contribution in [0.1, 0.15) is 36.0 Å². The number of phenolic OH excluding ortho intramolecular Hbond substituents is 1. The van der Waals surface area contributed by atoms with E-state index in [0.29, 0.717) is 11.5 Å². The fourth-order valence-electron chi connectivity index (χ4n) is 2.96. The molecule has 2 N–H and O–H groups in total. The molecule has 2 aliphatic rings. The monoisotopic (exact) mass is 244 g/mol. The smallest absolute Gasteiger partial charge is 0.271 e. The summed E-state index contributed by atoms with van der Waals surface area (Å²) in [5, 5.41) is 13.4. The van der Waals surface area contributed by atoms with E-state index in [9.17, 15) is 4.79 Å². The Bertz CT molecular complexity index is 493. The van der Waals surface area contributed by atoms with Crippen molar-refractivity contribution in [2.75, 3.05) is 0 Å². The molecule has 1 aromatic carbocycles. The van der Waals surface area contributed by atoms with Gasteiger partial charge in [-0.1, -0.05) is 0 Å². The first-order valence-corrected chi connectivity index (χ1v) is 6.38. The van der Waals surface area contributed by atoms with Crippen molar-refractivity contribution in [3.63, 3.8) is 0 Å². The minimum absolute atomic E-state index is 0.158. The summed E-state index contributed by atoms with van der Waals surface area (Å²) in [5.41, 5.74) is 4.28. The van der Waals surface area contributed by atoms with Crippen LogP contribution in [-0.4, -0.2) is 16.7 Å². The van der Waals surface area contributed by atoms with Gasteiger partial charge in [-0.15, -0.1) is 0 Å². The van der Waals surface area contributed by atoms with Crippen LogP contribution in [0.25, 0.3) is 0 Å². The molecular formula is C14H16N2O2.